The Balaban J connectivity index is 0.00000425. The van der Waals surface area contributed by atoms with Gasteiger partial charge in [0.1, 0.15) is 12.1 Å². The summed E-state index contributed by atoms with van der Waals surface area (Å²) in [6, 6.07) is 18.3. The number of nitrogens with one attached hydrogen (secondary N) is 4. The highest BCUT2D eigenvalue weighted by Gasteiger charge is 2.29. The number of carbonyl (C=O) groups excluding carboxylic acids is 5. The summed E-state index contributed by atoms with van der Waals surface area (Å²) < 4.78 is 0. The molecule has 0 fully saturated rings. The van der Waals surface area contributed by atoms with Crippen LogP contribution < -0.4 is 21.3 Å². The first-order chi connectivity index (χ1) is 24.2. The number of Topliss-reactive ketones (excluding diaryl/α,β-unsaturated/α-hetero) is 1. The first-order valence-corrected chi connectivity index (χ1v) is 19.0. The summed E-state index contributed by atoms with van der Waals surface area (Å²) in [5, 5.41) is 13.7. The minimum atomic E-state index is -1.10. The minimum absolute atomic E-state index is 0.101. The second-order valence-corrected chi connectivity index (χ2v) is 13.2. The van der Waals surface area contributed by atoms with Gasteiger partial charge in [-0.25, -0.2) is 0 Å². The van der Waals surface area contributed by atoms with Crippen LogP contribution in [0, 0.1) is 0 Å². The first kappa shape index (κ1) is 42.1. The fourth-order valence-electron chi connectivity index (χ4n) is 5.26. The van der Waals surface area contributed by atoms with Crippen molar-refractivity contribution in [1.29, 1.82) is 0 Å². The van der Waals surface area contributed by atoms with E-state index in [1.165, 1.54) is 4.88 Å². The summed E-state index contributed by atoms with van der Waals surface area (Å²) in [7, 11) is 0. The maximum atomic E-state index is 13.5. The van der Waals surface area contributed by atoms with Crippen molar-refractivity contribution in [2.75, 3.05) is 6.54 Å². The highest BCUT2D eigenvalue weighted by atomic mass is 35.5. The van der Waals surface area contributed by atoms with Gasteiger partial charge >= 0.3 is 0 Å². The quantitative estimate of drug-likeness (QED) is 0.0749. The Morgan fingerprint density at radius 3 is 2.08 bits per heavy atom. The zero-order valence-electron chi connectivity index (χ0n) is 29.8. The zero-order chi connectivity index (χ0) is 36.7. The number of unbranched alkanes of at least 4 members (excludes halogenated alkanes) is 2. The van der Waals surface area contributed by atoms with Gasteiger partial charge in [-0.1, -0.05) is 87.3 Å². The minimum Gasteiger partial charge on any atom is -0.351 e. The summed E-state index contributed by atoms with van der Waals surface area (Å²) >= 11 is 7.73. The van der Waals surface area contributed by atoms with Gasteiger partial charge in [-0.3, -0.25) is 24.0 Å². The van der Waals surface area contributed by atoms with Crippen molar-refractivity contribution in [3.8, 4) is 0 Å². The molecule has 50 heavy (non-hydrogen) atoms. The molecule has 2 unspecified atom stereocenters. The van der Waals surface area contributed by atoms with Crippen LogP contribution in [0.25, 0.3) is 0 Å². The van der Waals surface area contributed by atoms with E-state index in [4.69, 9.17) is 11.6 Å². The van der Waals surface area contributed by atoms with Gasteiger partial charge in [0.05, 0.1) is 0 Å². The predicted octanol–water partition coefficient (Wildman–Crippen LogP) is 6.37. The van der Waals surface area contributed by atoms with E-state index in [2.05, 4.69) is 32.7 Å². The average molecular weight is 725 g/mol. The van der Waals surface area contributed by atoms with Crippen molar-refractivity contribution in [3.63, 3.8) is 0 Å². The third kappa shape index (κ3) is 16.1. The van der Waals surface area contributed by atoms with Gasteiger partial charge in [0.15, 0.2) is 0 Å². The van der Waals surface area contributed by atoms with E-state index < -0.39 is 35.7 Å². The Morgan fingerprint density at radius 1 is 0.740 bits per heavy atom. The van der Waals surface area contributed by atoms with Crippen molar-refractivity contribution >= 4 is 52.3 Å². The summed E-state index contributed by atoms with van der Waals surface area (Å²) in [5.41, 5.74) is 1.77. The van der Waals surface area contributed by atoms with Gasteiger partial charge in [0, 0.05) is 41.7 Å². The average Bonchev–Trinajstić information content (AvgIpc) is 3.65. The summed E-state index contributed by atoms with van der Waals surface area (Å²) in [5.74, 6) is -2.57. The molecule has 0 aliphatic carbocycles. The van der Waals surface area contributed by atoms with Crippen LogP contribution in [-0.2, 0) is 43.2 Å². The molecule has 4 N–H and O–H groups in total. The van der Waals surface area contributed by atoms with Gasteiger partial charge in [-0.05, 0) is 80.2 Å². The molecule has 3 atom stereocenters. The van der Waals surface area contributed by atoms with E-state index in [-0.39, 0.29) is 31.2 Å². The van der Waals surface area contributed by atoms with Gasteiger partial charge in [0.2, 0.25) is 23.5 Å². The van der Waals surface area contributed by atoms with Crippen molar-refractivity contribution in [2.24, 2.45) is 0 Å². The Labute approximate surface area is 306 Å². The van der Waals surface area contributed by atoms with Crippen LogP contribution in [0.2, 0.25) is 5.02 Å². The molecular formula is C39H53ClN4O5S. The van der Waals surface area contributed by atoms with E-state index in [9.17, 15) is 24.0 Å². The molecule has 0 saturated heterocycles. The van der Waals surface area contributed by atoms with Gasteiger partial charge in [0.25, 0.3) is 5.91 Å². The Bertz CT molecular complexity index is 1450. The molecule has 0 aliphatic heterocycles. The normalized spacial score (nSPS) is 12.3. The lowest BCUT2D eigenvalue weighted by molar-refractivity contribution is -0.140. The number of benzene rings is 2. The van der Waals surface area contributed by atoms with Crippen LogP contribution in [0.15, 0.2) is 72.1 Å². The maximum Gasteiger partial charge on any atom is 0.289 e. The number of likely N-dealkylation sites (N-methyl/N-ethyl adjacent to an activating group) is 1. The maximum absolute atomic E-state index is 13.5. The number of rotatable bonds is 21. The van der Waals surface area contributed by atoms with Crippen LogP contribution in [0.3, 0.4) is 0 Å². The SMILES string of the molecule is CC.CCNC(=O)C(=O)C(Cc1ccc(Cl)cc1)NC(=O)C[C@H](CC)NC(=O)C(CCc1ccccc1)NC(=O)CCCCCc1cccs1. The van der Waals surface area contributed by atoms with Crippen LogP contribution >= 0.6 is 22.9 Å². The van der Waals surface area contributed by atoms with Crippen molar-refractivity contribution in [2.45, 2.75) is 110 Å². The molecule has 0 radical (unpaired) electrons. The van der Waals surface area contributed by atoms with Crippen LogP contribution in [0.1, 0.15) is 88.6 Å². The Morgan fingerprint density at radius 2 is 1.44 bits per heavy atom. The smallest absolute Gasteiger partial charge is 0.289 e. The van der Waals surface area contributed by atoms with E-state index in [0.717, 1.165) is 36.8 Å². The Hall–Kier alpha value is -4.02. The number of thiophene rings is 1. The lowest BCUT2D eigenvalue weighted by Gasteiger charge is -2.24. The molecule has 11 heteroatoms. The van der Waals surface area contributed by atoms with Crippen molar-refractivity contribution < 1.29 is 24.0 Å². The molecular weight excluding hydrogens is 672 g/mol. The first-order valence-electron chi connectivity index (χ1n) is 17.7. The molecule has 272 valence electrons. The van der Waals surface area contributed by atoms with Gasteiger partial charge < -0.3 is 21.3 Å². The summed E-state index contributed by atoms with van der Waals surface area (Å²) in [4.78, 5) is 66.3. The molecule has 2 aromatic carbocycles. The number of ketones is 1. The van der Waals surface area contributed by atoms with Gasteiger partial charge in [-0.2, -0.15) is 0 Å². The third-order valence-corrected chi connectivity index (χ3v) is 9.15. The molecule has 0 saturated carbocycles. The summed E-state index contributed by atoms with van der Waals surface area (Å²) in [6.45, 7) is 7.82. The van der Waals surface area contributed by atoms with Crippen molar-refractivity contribution in [1.82, 2.24) is 21.3 Å². The fourth-order valence-corrected chi connectivity index (χ4v) is 6.13. The van der Waals surface area contributed by atoms with Crippen LogP contribution in [-0.4, -0.2) is 54.1 Å². The largest absolute Gasteiger partial charge is 0.351 e. The number of hydrogen-bond donors (Lipinski definition) is 4. The molecule has 1 aromatic heterocycles. The molecule has 9 nitrogen and oxygen atoms in total. The number of aryl methyl sites for hydroxylation is 2. The molecule has 0 aliphatic rings. The lowest BCUT2D eigenvalue weighted by atomic mass is 10.0. The molecule has 4 amide bonds. The van der Waals surface area contributed by atoms with E-state index in [1.54, 1.807) is 42.5 Å². The highest BCUT2D eigenvalue weighted by Crippen LogP contribution is 2.15. The van der Waals surface area contributed by atoms with Gasteiger partial charge in [-0.15, -0.1) is 11.3 Å². The molecule has 0 spiro atoms. The molecule has 0 bridgehead atoms. The molecule has 3 rings (SSSR count). The second-order valence-electron chi connectivity index (χ2n) is 11.8. The zero-order valence-corrected chi connectivity index (χ0v) is 31.3. The number of hydrogen-bond acceptors (Lipinski definition) is 6. The lowest BCUT2D eigenvalue weighted by Crippen LogP contribution is -2.52. The van der Waals surface area contributed by atoms with Crippen LogP contribution in [0.4, 0.5) is 0 Å². The van der Waals surface area contributed by atoms with E-state index in [1.807, 2.05) is 57.2 Å². The Kier molecular flexibility index (Phi) is 20.4. The molecule has 3 aromatic rings. The van der Waals surface area contributed by atoms with E-state index in [0.29, 0.717) is 30.7 Å². The highest BCUT2D eigenvalue weighted by molar-refractivity contribution is 7.09. The van der Waals surface area contributed by atoms with Crippen molar-refractivity contribution in [3.05, 3.63) is 93.1 Å². The monoisotopic (exact) mass is 724 g/mol. The number of halogens is 1. The predicted molar refractivity (Wildman–Crippen MR) is 202 cm³/mol. The number of carbonyl (C=O) groups is 5. The number of amides is 4. The standard InChI is InChI=1S/C37H47ClN4O5S.C2H6/c1-3-29(25-34(44)42-32(35(45)37(47)39-4-2)24-27-17-20-28(38)21-18-27)40-36(46)31(22-19-26-12-7-5-8-13-26)41-33(43)16-10-6-9-14-30-15-11-23-48-30;1-2/h5,7-8,11-13,15,17-18,20-21,23,29,31-32H,3-4,6,9-10,14,16,19,22,24-25H2,1-2H3,(H,39,47)(H,40,46)(H,41,43)(H,42,44);1-2H3/t29-,31?,32?;/m0./s1. The molecule has 1 heterocycles. The topological polar surface area (TPSA) is 133 Å². The van der Waals surface area contributed by atoms with E-state index >= 15 is 0 Å². The van der Waals surface area contributed by atoms with Crippen LogP contribution in [0.5, 0.6) is 0 Å². The second kappa shape index (κ2) is 24.2. The summed E-state index contributed by atoms with van der Waals surface area (Å²) in [6.07, 6.45) is 5.39. The third-order valence-electron chi connectivity index (χ3n) is 7.96. The fraction of sp³-hybridized carbons (Fsp3) is 0.462.